The highest BCUT2D eigenvalue weighted by Gasteiger charge is 2.62. The van der Waals surface area contributed by atoms with Gasteiger partial charge < -0.3 is 9.57 Å². The molecule has 3 atom stereocenters. The SMILES string of the molecule is CC(ON=CC1C(C(=O)OCc2cccc(-c3ccccc3)n2)C1(C)C)C1CC1. The van der Waals surface area contributed by atoms with Crippen LogP contribution in [0.25, 0.3) is 11.3 Å². The molecule has 3 unspecified atom stereocenters. The minimum atomic E-state index is -0.200. The molecule has 2 fully saturated rings. The van der Waals surface area contributed by atoms with Crippen LogP contribution in [0.2, 0.25) is 0 Å². The van der Waals surface area contributed by atoms with Gasteiger partial charge in [-0.2, -0.15) is 0 Å². The molecule has 1 aromatic heterocycles. The highest BCUT2D eigenvalue weighted by Crippen LogP contribution is 2.57. The van der Waals surface area contributed by atoms with Gasteiger partial charge in [0.2, 0.25) is 0 Å². The average Bonchev–Trinajstić information content (AvgIpc) is 3.64. The minimum absolute atomic E-state index is 0.0463. The lowest BCUT2D eigenvalue weighted by atomic mass is 10.1. The summed E-state index contributed by atoms with van der Waals surface area (Å²) in [5, 5.41) is 4.14. The van der Waals surface area contributed by atoms with Crippen LogP contribution in [0, 0.1) is 23.2 Å². The van der Waals surface area contributed by atoms with Gasteiger partial charge in [-0.15, -0.1) is 0 Å². The van der Waals surface area contributed by atoms with E-state index in [0.717, 1.165) is 17.0 Å². The largest absolute Gasteiger partial charge is 0.459 e. The Bertz CT molecular complexity index is 890. The van der Waals surface area contributed by atoms with Gasteiger partial charge in [0, 0.05) is 17.7 Å². The lowest BCUT2D eigenvalue weighted by molar-refractivity contribution is -0.147. The molecule has 0 amide bonds. The van der Waals surface area contributed by atoms with Crippen molar-refractivity contribution >= 4 is 12.2 Å². The van der Waals surface area contributed by atoms with Gasteiger partial charge in [0.1, 0.15) is 12.7 Å². The molecular weight excluding hydrogens is 364 g/mol. The number of nitrogens with zero attached hydrogens (tertiary/aromatic N) is 2. The second-order valence-corrected chi connectivity index (χ2v) is 8.72. The normalized spacial score (nSPS) is 23.6. The van der Waals surface area contributed by atoms with Crippen molar-refractivity contribution in [3.05, 3.63) is 54.2 Å². The van der Waals surface area contributed by atoms with E-state index < -0.39 is 0 Å². The predicted octanol–water partition coefficient (Wildman–Crippen LogP) is 4.86. The molecule has 0 aliphatic heterocycles. The van der Waals surface area contributed by atoms with Gasteiger partial charge in [0.05, 0.1) is 17.3 Å². The first-order valence-corrected chi connectivity index (χ1v) is 10.3. The van der Waals surface area contributed by atoms with Crippen molar-refractivity contribution in [2.75, 3.05) is 0 Å². The number of aromatic nitrogens is 1. The number of ether oxygens (including phenoxy) is 1. The fourth-order valence-corrected chi connectivity index (χ4v) is 3.82. The van der Waals surface area contributed by atoms with E-state index in [4.69, 9.17) is 9.57 Å². The molecule has 5 heteroatoms. The van der Waals surface area contributed by atoms with Crippen LogP contribution in [0.5, 0.6) is 0 Å². The Labute approximate surface area is 172 Å². The number of esters is 1. The number of carbonyl (C=O) groups is 1. The summed E-state index contributed by atoms with van der Waals surface area (Å²) in [6, 6.07) is 15.7. The number of benzene rings is 1. The van der Waals surface area contributed by atoms with E-state index in [0.29, 0.717) is 5.92 Å². The summed E-state index contributed by atoms with van der Waals surface area (Å²) in [5.41, 5.74) is 2.50. The van der Waals surface area contributed by atoms with Crippen LogP contribution in [0.1, 0.15) is 39.3 Å². The molecule has 2 aromatic rings. The lowest BCUT2D eigenvalue weighted by Crippen LogP contribution is -2.11. The Balaban J connectivity index is 1.32. The third-order valence-corrected chi connectivity index (χ3v) is 6.14. The summed E-state index contributed by atoms with van der Waals surface area (Å²) >= 11 is 0. The van der Waals surface area contributed by atoms with E-state index in [-0.39, 0.29) is 35.9 Å². The van der Waals surface area contributed by atoms with E-state index in [1.807, 2.05) is 48.5 Å². The summed E-state index contributed by atoms with van der Waals surface area (Å²) in [4.78, 5) is 22.8. The third-order valence-electron chi connectivity index (χ3n) is 6.14. The molecule has 0 saturated heterocycles. The first-order valence-electron chi connectivity index (χ1n) is 10.3. The highest BCUT2D eigenvalue weighted by molar-refractivity contribution is 5.85. The van der Waals surface area contributed by atoms with Crippen molar-refractivity contribution in [1.29, 1.82) is 0 Å². The smallest absolute Gasteiger partial charge is 0.310 e. The third kappa shape index (κ3) is 4.50. The summed E-state index contributed by atoms with van der Waals surface area (Å²) in [6.45, 7) is 6.35. The van der Waals surface area contributed by atoms with Crippen LogP contribution >= 0.6 is 0 Å². The Kier molecular flexibility index (Phi) is 5.39. The molecule has 0 bridgehead atoms. The maximum absolute atomic E-state index is 12.6. The minimum Gasteiger partial charge on any atom is -0.459 e. The molecule has 0 radical (unpaired) electrons. The Morgan fingerprint density at radius 3 is 2.69 bits per heavy atom. The van der Waals surface area contributed by atoms with Crippen LogP contribution in [0.15, 0.2) is 53.7 Å². The van der Waals surface area contributed by atoms with E-state index in [1.54, 1.807) is 6.21 Å². The molecule has 5 nitrogen and oxygen atoms in total. The maximum Gasteiger partial charge on any atom is 0.310 e. The van der Waals surface area contributed by atoms with Crippen LogP contribution in [-0.4, -0.2) is 23.3 Å². The van der Waals surface area contributed by atoms with E-state index in [9.17, 15) is 4.79 Å². The zero-order chi connectivity index (χ0) is 20.4. The highest BCUT2D eigenvalue weighted by atomic mass is 16.6. The Morgan fingerprint density at radius 2 is 1.97 bits per heavy atom. The fourth-order valence-electron chi connectivity index (χ4n) is 3.82. The molecule has 0 N–H and O–H groups in total. The van der Waals surface area contributed by atoms with Crippen LogP contribution in [0.3, 0.4) is 0 Å². The Morgan fingerprint density at radius 1 is 1.21 bits per heavy atom. The second-order valence-electron chi connectivity index (χ2n) is 8.72. The molecule has 29 heavy (non-hydrogen) atoms. The molecule has 1 aromatic carbocycles. The topological polar surface area (TPSA) is 60.8 Å². The van der Waals surface area contributed by atoms with Crippen molar-refractivity contribution in [3.63, 3.8) is 0 Å². The van der Waals surface area contributed by atoms with Gasteiger partial charge in [0.15, 0.2) is 0 Å². The number of oxime groups is 1. The molecule has 1 heterocycles. The monoisotopic (exact) mass is 392 g/mol. The number of hydrogen-bond donors (Lipinski definition) is 0. The van der Waals surface area contributed by atoms with Crippen molar-refractivity contribution in [1.82, 2.24) is 4.98 Å². The van der Waals surface area contributed by atoms with Gasteiger partial charge in [-0.1, -0.05) is 55.4 Å². The number of carbonyl (C=O) groups excluding carboxylic acids is 1. The molecule has 4 rings (SSSR count). The summed E-state index contributed by atoms with van der Waals surface area (Å²) in [5.74, 6) is 0.293. The summed E-state index contributed by atoms with van der Waals surface area (Å²) < 4.78 is 5.58. The van der Waals surface area contributed by atoms with Gasteiger partial charge >= 0.3 is 5.97 Å². The van der Waals surface area contributed by atoms with E-state index in [2.05, 4.69) is 30.9 Å². The van der Waals surface area contributed by atoms with Crippen LogP contribution in [-0.2, 0) is 21.0 Å². The van der Waals surface area contributed by atoms with Crippen LogP contribution < -0.4 is 0 Å². The molecule has 2 aliphatic rings. The first-order chi connectivity index (χ1) is 14.0. The van der Waals surface area contributed by atoms with Crippen molar-refractivity contribution in [2.24, 2.45) is 28.3 Å². The van der Waals surface area contributed by atoms with Gasteiger partial charge in [0.25, 0.3) is 0 Å². The predicted molar refractivity (Wildman–Crippen MR) is 112 cm³/mol. The summed E-state index contributed by atoms with van der Waals surface area (Å²) in [7, 11) is 0. The maximum atomic E-state index is 12.6. The lowest BCUT2D eigenvalue weighted by Gasteiger charge is -2.07. The Hall–Kier alpha value is -2.69. The number of hydrogen-bond acceptors (Lipinski definition) is 5. The zero-order valence-electron chi connectivity index (χ0n) is 17.2. The number of rotatable bonds is 8. The standard InChI is InChI=1S/C24H28N2O3/c1-16(17-12-13-17)29-25-14-20-22(24(20,2)3)23(27)28-15-19-10-7-11-21(26-19)18-8-5-4-6-9-18/h4-11,14,16-17,20,22H,12-13,15H2,1-3H3. The van der Waals surface area contributed by atoms with Crippen molar-refractivity contribution < 1.29 is 14.4 Å². The molecule has 152 valence electrons. The van der Waals surface area contributed by atoms with Gasteiger partial charge in [-0.25, -0.2) is 4.98 Å². The zero-order valence-corrected chi connectivity index (χ0v) is 17.2. The molecular formula is C24H28N2O3. The second kappa shape index (κ2) is 7.97. The van der Waals surface area contributed by atoms with Crippen LogP contribution in [0.4, 0.5) is 0 Å². The molecule has 0 spiro atoms. The van der Waals surface area contributed by atoms with E-state index >= 15 is 0 Å². The molecule has 2 aliphatic carbocycles. The van der Waals surface area contributed by atoms with Crippen molar-refractivity contribution in [3.8, 4) is 11.3 Å². The fraction of sp³-hybridized carbons (Fsp3) is 0.458. The van der Waals surface area contributed by atoms with Gasteiger partial charge in [-0.3, -0.25) is 4.79 Å². The molecule has 2 saturated carbocycles. The van der Waals surface area contributed by atoms with Crippen molar-refractivity contribution in [2.45, 2.75) is 46.3 Å². The van der Waals surface area contributed by atoms with E-state index in [1.165, 1.54) is 12.8 Å². The average molecular weight is 392 g/mol. The number of pyridine rings is 1. The quantitative estimate of drug-likeness (QED) is 0.365. The summed E-state index contributed by atoms with van der Waals surface area (Å²) in [6.07, 6.45) is 4.38. The van der Waals surface area contributed by atoms with Gasteiger partial charge in [-0.05, 0) is 43.2 Å². The first kappa shape index (κ1) is 19.6.